The number of anilines is 1. The summed E-state index contributed by atoms with van der Waals surface area (Å²) in [7, 11) is 0. The maximum atomic E-state index is 12.9. The number of nitrogens with zero attached hydrogens (tertiary/aromatic N) is 4. The molecule has 244 valence electrons. The number of carbonyl (C=O) groups excluding carboxylic acids is 5. The van der Waals surface area contributed by atoms with Gasteiger partial charge in [0.15, 0.2) is 11.3 Å². The zero-order chi connectivity index (χ0) is 33.6. The van der Waals surface area contributed by atoms with Crippen LogP contribution in [-0.4, -0.2) is 73.0 Å². The van der Waals surface area contributed by atoms with Gasteiger partial charge in [0, 0.05) is 61.8 Å². The number of hydrogen-bond donors (Lipinski definition) is 2. The minimum absolute atomic E-state index is 0.0938. The van der Waals surface area contributed by atoms with Crippen molar-refractivity contribution < 1.29 is 38.3 Å². The lowest BCUT2D eigenvalue weighted by Gasteiger charge is -2.28. The van der Waals surface area contributed by atoms with Gasteiger partial charge in [-0.2, -0.15) is 10.5 Å². The van der Waals surface area contributed by atoms with Crippen LogP contribution >= 0.6 is 11.6 Å². The second-order valence-corrected chi connectivity index (χ2v) is 10.4. The van der Waals surface area contributed by atoms with Crippen LogP contribution in [-0.2, 0) is 28.8 Å². The first-order chi connectivity index (χ1) is 22.1. The first kappa shape index (κ1) is 35.4. The minimum Gasteiger partial charge on any atom is -0.454 e. The SMILES string of the molecule is CCN(CC)c1ccc2c(c1)OC(=C(C#N)C#N)C=C2C(CNC(=O)CCCCCNC(=O)CCl)OC(=O)ON1C(=O)CCC1=O. The smallest absolute Gasteiger partial charge is 0.454 e. The molecule has 1 aromatic rings. The molecule has 2 N–H and O–H groups in total. The highest BCUT2D eigenvalue weighted by Crippen LogP contribution is 2.39. The number of hydroxylamine groups is 2. The quantitative estimate of drug-likeness (QED) is 0.0928. The first-order valence-corrected chi connectivity index (χ1v) is 15.4. The topological polar surface area (TPSA) is 191 Å². The van der Waals surface area contributed by atoms with Crippen LogP contribution in [0.25, 0.3) is 5.57 Å². The van der Waals surface area contributed by atoms with E-state index in [2.05, 4.69) is 15.5 Å². The van der Waals surface area contributed by atoms with Crippen LogP contribution in [0.5, 0.6) is 5.75 Å². The highest BCUT2D eigenvalue weighted by molar-refractivity contribution is 6.27. The van der Waals surface area contributed by atoms with Gasteiger partial charge in [-0.3, -0.25) is 24.0 Å². The Morgan fingerprint density at radius 3 is 2.37 bits per heavy atom. The molecule has 0 spiro atoms. The molecular formula is C31H35ClN6O8. The minimum atomic E-state index is -1.37. The number of allylic oxidation sites excluding steroid dienone is 2. The molecular weight excluding hydrogens is 620 g/mol. The van der Waals surface area contributed by atoms with Gasteiger partial charge < -0.3 is 25.0 Å². The number of alkyl halides is 1. The number of hydrogen-bond acceptors (Lipinski definition) is 11. The summed E-state index contributed by atoms with van der Waals surface area (Å²) in [6.07, 6.45) is 0.466. The summed E-state index contributed by atoms with van der Waals surface area (Å²) in [4.78, 5) is 67.9. The number of amides is 4. The molecule has 0 saturated carbocycles. The Hall–Kier alpha value is -5.08. The number of unbranched alkanes of at least 4 members (excludes halogenated alkanes) is 2. The molecule has 1 unspecified atom stereocenters. The van der Waals surface area contributed by atoms with Crippen molar-refractivity contribution >= 4 is 52.6 Å². The standard InChI is InChI=1S/C31H35ClN6O8/c1-3-37(4-2)21-9-10-22-23(15-24(20(17-33)18-34)44-25(22)14-21)26(45-31(43)46-38-29(41)11-12-30(38)42)19-36-27(39)8-6-5-7-13-35-28(40)16-32/h9-10,14-15,26H,3-8,11-13,16,19H2,1-2H3,(H,35,40)(H,36,39). The van der Waals surface area contributed by atoms with Gasteiger partial charge >= 0.3 is 6.16 Å². The monoisotopic (exact) mass is 654 g/mol. The molecule has 2 heterocycles. The van der Waals surface area contributed by atoms with Gasteiger partial charge in [-0.05, 0) is 44.9 Å². The van der Waals surface area contributed by atoms with Gasteiger partial charge in [-0.1, -0.05) is 11.5 Å². The van der Waals surface area contributed by atoms with Crippen LogP contribution in [0, 0.1) is 22.7 Å². The predicted octanol–water partition coefficient (Wildman–Crippen LogP) is 3.23. The van der Waals surface area contributed by atoms with Gasteiger partial charge in [0.05, 0.1) is 6.54 Å². The Bertz CT molecular complexity index is 1460. The van der Waals surface area contributed by atoms with Crippen LogP contribution in [0.4, 0.5) is 10.5 Å². The lowest BCUT2D eigenvalue weighted by molar-refractivity contribution is -0.177. The fourth-order valence-corrected chi connectivity index (χ4v) is 4.85. The zero-order valence-electron chi connectivity index (χ0n) is 25.6. The Balaban J connectivity index is 1.87. The molecule has 0 bridgehead atoms. The Morgan fingerprint density at radius 2 is 1.74 bits per heavy atom. The van der Waals surface area contributed by atoms with Crippen LogP contribution in [0.2, 0.25) is 0 Å². The van der Waals surface area contributed by atoms with Gasteiger partial charge in [0.2, 0.25) is 11.8 Å². The van der Waals surface area contributed by atoms with E-state index in [9.17, 15) is 34.5 Å². The Labute approximate surface area is 271 Å². The van der Waals surface area contributed by atoms with E-state index in [-0.39, 0.29) is 66.2 Å². The second-order valence-electron chi connectivity index (χ2n) is 10.1. The average molecular weight is 655 g/mol. The average Bonchev–Trinajstić information content (AvgIpc) is 3.37. The number of nitrogens with one attached hydrogen (secondary N) is 2. The van der Waals surface area contributed by atoms with E-state index in [0.29, 0.717) is 49.5 Å². The molecule has 15 heteroatoms. The van der Waals surface area contributed by atoms with E-state index < -0.39 is 24.1 Å². The summed E-state index contributed by atoms with van der Waals surface area (Å²) < 4.78 is 11.5. The van der Waals surface area contributed by atoms with Gasteiger partial charge in [-0.15, -0.1) is 11.6 Å². The summed E-state index contributed by atoms with van der Waals surface area (Å²) in [6.45, 7) is 5.53. The Morgan fingerprint density at radius 1 is 1.04 bits per heavy atom. The third-order valence-corrected chi connectivity index (χ3v) is 7.39. The maximum Gasteiger partial charge on any atom is 0.534 e. The molecule has 0 aliphatic carbocycles. The maximum absolute atomic E-state index is 12.9. The van der Waals surface area contributed by atoms with E-state index in [0.717, 1.165) is 5.69 Å². The third-order valence-electron chi connectivity index (χ3n) is 7.15. The molecule has 1 atom stereocenters. The number of imide groups is 1. The molecule has 2 aliphatic heterocycles. The number of fused-ring (bicyclic) bond motifs is 1. The molecule has 1 saturated heterocycles. The van der Waals surface area contributed by atoms with Crippen molar-refractivity contribution in [3.63, 3.8) is 0 Å². The van der Waals surface area contributed by atoms with Crippen LogP contribution < -0.4 is 20.3 Å². The van der Waals surface area contributed by atoms with Gasteiger partial charge in [-0.25, -0.2) is 4.79 Å². The van der Waals surface area contributed by atoms with Crippen molar-refractivity contribution in [1.29, 1.82) is 10.5 Å². The number of nitriles is 2. The van der Waals surface area contributed by atoms with E-state index in [1.807, 2.05) is 19.9 Å². The number of benzene rings is 1. The van der Waals surface area contributed by atoms with Crippen molar-refractivity contribution in [2.24, 2.45) is 0 Å². The molecule has 0 radical (unpaired) electrons. The molecule has 3 rings (SSSR count). The number of ether oxygens (including phenoxy) is 2. The summed E-state index contributed by atoms with van der Waals surface area (Å²) in [6, 6.07) is 8.87. The van der Waals surface area contributed by atoms with Crippen molar-refractivity contribution in [2.75, 3.05) is 37.0 Å². The van der Waals surface area contributed by atoms with E-state index >= 15 is 0 Å². The van der Waals surface area contributed by atoms with E-state index in [4.69, 9.17) is 25.9 Å². The van der Waals surface area contributed by atoms with Crippen LogP contribution in [0.15, 0.2) is 35.6 Å². The normalized spacial score (nSPS) is 14.2. The van der Waals surface area contributed by atoms with Crippen LogP contribution in [0.3, 0.4) is 0 Å². The lowest BCUT2D eigenvalue weighted by Crippen LogP contribution is -2.39. The largest absolute Gasteiger partial charge is 0.534 e. The number of rotatable bonds is 15. The van der Waals surface area contributed by atoms with Crippen molar-refractivity contribution in [3.05, 3.63) is 41.2 Å². The van der Waals surface area contributed by atoms with Crippen molar-refractivity contribution in [2.45, 2.75) is 58.5 Å². The molecule has 1 fully saturated rings. The number of halogens is 1. The molecule has 0 aromatic heterocycles. The third kappa shape index (κ3) is 9.46. The fourth-order valence-electron chi connectivity index (χ4n) is 4.75. The molecule has 14 nitrogen and oxygen atoms in total. The van der Waals surface area contributed by atoms with Gasteiger partial charge in [0.25, 0.3) is 11.8 Å². The summed E-state index contributed by atoms with van der Waals surface area (Å²) in [5.74, 6) is -1.97. The summed E-state index contributed by atoms with van der Waals surface area (Å²) in [5.41, 5.74) is 1.20. The molecule has 1 aromatic carbocycles. The lowest BCUT2D eigenvalue weighted by atomic mass is 9.95. The predicted molar refractivity (Wildman–Crippen MR) is 165 cm³/mol. The highest BCUT2D eigenvalue weighted by atomic mass is 35.5. The van der Waals surface area contributed by atoms with Crippen molar-refractivity contribution in [3.8, 4) is 17.9 Å². The van der Waals surface area contributed by atoms with Crippen LogP contribution in [0.1, 0.15) is 57.9 Å². The van der Waals surface area contributed by atoms with Gasteiger partial charge in [0.1, 0.15) is 29.9 Å². The Kier molecular flexibility index (Phi) is 13.4. The van der Waals surface area contributed by atoms with E-state index in [1.165, 1.54) is 6.08 Å². The molecule has 46 heavy (non-hydrogen) atoms. The summed E-state index contributed by atoms with van der Waals surface area (Å²) in [5, 5.41) is 24.9. The summed E-state index contributed by atoms with van der Waals surface area (Å²) >= 11 is 5.45. The van der Waals surface area contributed by atoms with E-state index in [1.54, 1.807) is 24.3 Å². The second kappa shape index (κ2) is 17.4. The zero-order valence-corrected chi connectivity index (χ0v) is 26.4. The molecule has 4 amide bonds. The first-order valence-electron chi connectivity index (χ1n) is 14.8. The fraction of sp³-hybridized carbons (Fsp3) is 0.452. The van der Waals surface area contributed by atoms with Crippen molar-refractivity contribution in [1.82, 2.24) is 15.7 Å². The highest BCUT2D eigenvalue weighted by Gasteiger charge is 2.35. The molecule has 2 aliphatic rings. The number of carbonyl (C=O) groups is 5.